The highest BCUT2D eigenvalue weighted by Gasteiger charge is 2.30. The van der Waals surface area contributed by atoms with Gasteiger partial charge < -0.3 is 10.1 Å². The van der Waals surface area contributed by atoms with Crippen LogP contribution in [0.4, 0.5) is 0 Å². The summed E-state index contributed by atoms with van der Waals surface area (Å²) in [7, 11) is 0. The lowest BCUT2D eigenvalue weighted by Crippen LogP contribution is -2.50. The number of nitrogens with zero attached hydrogens (tertiary/aromatic N) is 1. The Bertz CT molecular complexity index is 559. The predicted molar refractivity (Wildman–Crippen MR) is 89.1 cm³/mol. The summed E-state index contributed by atoms with van der Waals surface area (Å²) >= 11 is 6.81. The van der Waals surface area contributed by atoms with Crippen molar-refractivity contribution in [3.05, 3.63) is 26.6 Å². The van der Waals surface area contributed by atoms with Gasteiger partial charge in [0.2, 0.25) is 0 Å². The summed E-state index contributed by atoms with van der Waals surface area (Å²) in [6, 6.07) is 5.95. The topological polar surface area (TPSA) is 62.1 Å². The standard InChI is InChI=1S/C15H18Br2N2O2/c1-9(2)15(4,8-18)19-13(20)7-21-14-11(16)5-10(3)6-12(14)17/h5-6,9H,7H2,1-4H3,(H,19,20)/t15-/m1/s1. The first kappa shape index (κ1) is 18.0. The van der Waals surface area contributed by atoms with E-state index < -0.39 is 5.54 Å². The number of rotatable bonds is 5. The molecular weight excluding hydrogens is 400 g/mol. The van der Waals surface area contributed by atoms with Crippen LogP contribution in [0.3, 0.4) is 0 Å². The van der Waals surface area contributed by atoms with Gasteiger partial charge in [0.05, 0.1) is 15.0 Å². The lowest BCUT2D eigenvalue weighted by Gasteiger charge is -2.27. The second kappa shape index (κ2) is 7.28. The van der Waals surface area contributed by atoms with Gasteiger partial charge in [-0.2, -0.15) is 5.26 Å². The van der Waals surface area contributed by atoms with E-state index in [-0.39, 0.29) is 18.4 Å². The molecule has 0 unspecified atom stereocenters. The number of carbonyl (C=O) groups is 1. The predicted octanol–water partition coefficient (Wildman–Crippen LogP) is 3.95. The Morgan fingerprint density at radius 1 is 1.43 bits per heavy atom. The summed E-state index contributed by atoms with van der Waals surface area (Å²) in [5, 5.41) is 11.9. The van der Waals surface area contributed by atoms with Crippen molar-refractivity contribution in [3.8, 4) is 11.8 Å². The largest absolute Gasteiger partial charge is 0.481 e. The van der Waals surface area contributed by atoms with E-state index in [0.29, 0.717) is 5.75 Å². The van der Waals surface area contributed by atoms with Crippen molar-refractivity contribution in [3.63, 3.8) is 0 Å². The Labute approximate surface area is 142 Å². The van der Waals surface area contributed by atoms with Crippen LogP contribution in [-0.2, 0) is 4.79 Å². The van der Waals surface area contributed by atoms with Crippen LogP contribution in [0.2, 0.25) is 0 Å². The Balaban J connectivity index is 2.73. The average Bonchev–Trinajstić information content (AvgIpc) is 2.36. The maximum absolute atomic E-state index is 12.0. The second-order valence-corrected chi connectivity index (χ2v) is 7.07. The fraction of sp³-hybridized carbons (Fsp3) is 0.467. The molecule has 4 nitrogen and oxygen atoms in total. The molecule has 1 amide bonds. The Hall–Kier alpha value is -1.06. The van der Waals surface area contributed by atoms with Crippen molar-refractivity contribution in [1.29, 1.82) is 5.26 Å². The number of hydrogen-bond acceptors (Lipinski definition) is 3. The molecule has 0 saturated carbocycles. The van der Waals surface area contributed by atoms with E-state index in [1.165, 1.54) is 0 Å². The molecule has 6 heteroatoms. The summed E-state index contributed by atoms with van der Waals surface area (Å²) in [5.74, 6) is 0.246. The molecular formula is C15H18Br2N2O2. The van der Waals surface area contributed by atoms with Crippen molar-refractivity contribution in [1.82, 2.24) is 5.32 Å². The third kappa shape index (κ3) is 4.72. The first-order valence-electron chi connectivity index (χ1n) is 6.50. The number of carbonyl (C=O) groups excluding carboxylic acids is 1. The van der Waals surface area contributed by atoms with Crippen LogP contribution in [0.5, 0.6) is 5.75 Å². The number of amides is 1. The van der Waals surface area contributed by atoms with E-state index in [4.69, 9.17) is 4.74 Å². The fourth-order valence-corrected chi connectivity index (χ4v) is 3.23. The molecule has 0 aliphatic heterocycles. The lowest BCUT2D eigenvalue weighted by molar-refractivity contribution is -0.124. The van der Waals surface area contributed by atoms with Gasteiger partial charge >= 0.3 is 0 Å². The first-order valence-corrected chi connectivity index (χ1v) is 8.09. The van der Waals surface area contributed by atoms with Gasteiger partial charge in [-0.1, -0.05) is 13.8 Å². The van der Waals surface area contributed by atoms with E-state index in [0.717, 1.165) is 14.5 Å². The number of benzene rings is 1. The minimum absolute atomic E-state index is 0.00398. The fourth-order valence-electron chi connectivity index (χ4n) is 1.59. The Kier molecular flexibility index (Phi) is 6.24. The molecule has 0 heterocycles. The molecule has 1 aromatic rings. The molecule has 1 atom stereocenters. The summed E-state index contributed by atoms with van der Waals surface area (Å²) in [4.78, 5) is 12.0. The lowest BCUT2D eigenvalue weighted by atomic mass is 9.90. The van der Waals surface area contributed by atoms with Gasteiger partial charge in [-0.15, -0.1) is 0 Å². The molecule has 0 bridgehead atoms. The van der Waals surface area contributed by atoms with Crippen molar-refractivity contribution in [2.45, 2.75) is 33.2 Å². The third-order valence-corrected chi connectivity index (χ3v) is 4.45. The van der Waals surface area contributed by atoms with Crippen molar-refractivity contribution in [2.24, 2.45) is 5.92 Å². The van der Waals surface area contributed by atoms with Crippen molar-refractivity contribution in [2.75, 3.05) is 6.61 Å². The summed E-state index contributed by atoms with van der Waals surface area (Å²) in [5.41, 5.74) is 0.171. The summed E-state index contributed by atoms with van der Waals surface area (Å²) in [6.45, 7) is 7.29. The third-order valence-electron chi connectivity index (χ3n) is 3.28. The van der Waals surface area contributed by atoms with E-state index in [1.807, 2.05) is 32.9 Å². The zero-order valence-corrected chi connectivity index (χ0v) is 15.6. The van der Waals surface area contributed by atoms with Gasteiger partial charge in [-0.05, 0) is 69.3 Å². The van der Waals surface area contributed by atoms with Gasteiger partial charge in [-0.25, -0.2) is 0 Å². The summed E-state index contributed by atoms with van der Waals surface area (Å²) < 4.78 is 7.08. The van der Waals surface area contributed by atoms with E-state index in [9.17, 15) is 10.1 Å². The monoisotopic (exact) mass is 416 g/mol. The molecule has 0 saturated heterocycles. The highest BCUT2D eigenvalue weighted by atomic mass is 79.9. The zero-order valence-electron chi connectivity index (χ0n) is 12.5. The normalized spacial score (nSPS) is 13.4. The van der Waals surface area contributed by atoms with Crippen molar-refractivity contribution < 1.29 is 9.53 Å². The minimum atomic E-state index is -0.901. The van der Waals surface area contributed by atoms with Crippen LogP contribution in [0.1, 0.15) is 26.3 Å². The zero-order chi connectivity index (χ0) is 16.2. The van der Waals surface area contributed by atoms with E-state index in [1.54, 1.807) is 6.92 Å². The Morgan fingerprint density at radius 2 is 1.95 bits per heavy atom. The number of aryl methyl sites for hydroxylation is 1. The summed E-state index contributed by atoms with van der Waals surface area (Å²) in [6.07, 6.45) is 0. The van der Waals surface area contributed by atoms with Crippen LogP contribution in [-0.4, -0.2) is 18.1 Å². The number of nitrogens with one attached hydrogen (secondary N) is 1. The van der Waals surface area contributed by atoms with Crippen molar-refractivity contribution >= 4 is 37.8 Å². The molecule has 0 aliphatic carbocycles. The second-order valence-electron chi connectivity index (χ2n) is 5.36. The first-order chi connectivity index (χ1) is 9.69. The van der Waals surface area contributed by atoms with E-state index in [2.05, 4.69) is 43.2 Å². The molecule has 0 aliphatic rings. The number of halogens is 2. The van der Waals surface area contributed by atoms with E-state index >= 15 is 0 Å². The molecule has 1 aromatic carbocycles. The Morgan fingerprint density at radius 3 is 2.38 bits per heavy atom. The maximum Gasteiger partial charge on any atom is 0.259 e. The van der Waals surface area contributed by atoms with Crippen LogP contribution < -0.4 is 10.1 Å². The highest BCUT2D eigenvalue weighted by Crippen LogP contribution is 2.34. The van der Waals surface area contributed by atoms with Gasteiger partial charge in [0.1, 0.15) is 11.3 Å². The molecule has 1 rings (SSSR count). The smallest absolute Gasteiger partial charge is 0.259 e. The molecule has 0 fully saturated rings. The van der Waals surface area contributed by atoms with Crippen LogP contribution in [0, 0.1) is 24.2 Å². The molecule has 0 radical (unpaired) electrons. The van der Waals surface area contributed by atoms with Crippen LogP contribution in [0.25, 0.3) is 0 Å². The molecule has 114 valence electrons. The molecule has 0 aromatic heterocycles. The van der Waals surface area contributed by atoms with Gasteiger partial charge in [0.15, 0.2) is 6.61 Å². The maximum atomic E-state index is 12.0. The quantitative estimate of drug-likeness (QED) is 0.788. The highest BCUT2D eigenvalue weighted by molar-refractivity contribution is 9.11. The van der Waals surface area contributed by atoms with Gasteiger partial charge in [-0.3, -0.25) is 4.79 Å². The number of hydrogen-bond donors (Lipinski definition) is 1. The number of ether oxygens (including phenoxy) is 1. The van der Waals surface area contributed by atoms with Gasteiger partial charge in [0.25, 0.3) is 5.91 Å². The van der Waals surface area contributed by atoms with Crippen LogP contribution >= 0.6 is 31.9 Å². The van der Waals surface area contributed by atoms with Gasteiger partial charge in [0, 0.05) is 0 Å². The molecule has 21 heavy (non-hydrogen) atoms. The molecule has 1 N–H and O–H groups in total. The molecule has 0 spiro atoms. The minimum Gasteiger partial charge on any atom is -0.481 e. The number of nitriles is 1. The van der Waals surface area contributed by atoms with Crippen LogP contribution in [0.15, 0.2) is 21.1 Å². The average molecular weight is 418 g/mol. The SMILES string of the molecule is Cc1cc(Br)c(OCC(=O)N[C@](C)(C#N)C(C)C)c(Br)c1.